The van der Waals surface area contributed by atoms with E-state index in [1.54, 1.807) is 44.0 Å². The molecule has 9 heteroatoms. The topological polar surface area (TPSA) is 84.8 Å². The number of likely N-dealkylation sites (N-methyl/N-ethyl adjacent to an activating group) is 1. The first-order chi connectivity index (χ1) is 16.0. The van der Waals surface area contributed by atoms with Gasteiger partial charge in [-0.1, -0.05) is 17.3 Å². The van der Waals surface area contributed by atoms with Crippen molar-refractivity contribution in [1.82, 2.24) is 24.8 Å². The third-order valence-electron chi connectivity index (χ3n) is 5.94. The van der Waals surface area contributed by atoms with Crippen LogP contribution in [0.15, 0.2) is 42.5 Å². The first-order valence-corrected chi connectivity index (χ1v) is 10.9. The van der Waals surface area contributed by atoms with Crippen molar-refractivity contribution in [3.63, 3.8) is 0 Å². The molecule has 1 aliphatic heterocycles. The van der Waals surface area contributed by atoms with Crippen LogP contribution in [-0.4, -0.2) is 78.1 Å². The molecule has 0 bridgehead atoms. The Bertz CT molecular complexity index is 1100. The number of carbonyl (C=O) groups is 1. The van der Waals surface area contributed by atoms with Crippen molar-refractivity contribution in [2.24, 2.45) is 0 Å². The molecule has 9 nitrogen and oxygen atoms in total. The Morgan fingerprint density at radius 3 is 2.42 bits per heavy atom. The van der Waals surface area contributed by atoms with Crippen LogP contribution in [0.25, 0.3) is 5.69 Å². The van der Waals surface area contributed by atoms with Crippen molar-refractivity contribution >= 4 is 11.6 Å². The van der Waals surface area contributed by atoms with Crippen LogP contribution >= 0.6 is 0 Å². The van der Waals surface area contributed by atoms with Crippen LogP contribution in [0.3, 0.4) is 0 Å². The number of nitrogens with one attached hydrogen (secondary N) is 1. The maximum Gasteiger partial charge on any atom is 0.278 e. The zero-order valence-corrected chi connectivity index (χ0v) is 19.5. The second kappa shape index (κ2) is 10.0. The van der Waals surface area contributed by atoms with Gasteiger partial charge < -0.3 is 19.7 Å². The standard InChI is InChI=1S/C24H30N6O3/c1-17-23(26-27-30(17)21-15-20(32-3)9-10-22(21)33-4)24(31)25-19-7-5-18(6-8-19)16-29-13-11-28(2)12-14-29/h5-10,15H,11-14,16H2,1-4H3,(H,25,31). The van der Waals surface area contributed by atoms with Gasteiger partial charge >= 0.3 is 0 Å². The Morgan fingerprint density at radius 2 is 1.76 bits per heavy atom. The Kier molecular flexibility index (Phi) is 6.90. The van der Waals surface area contributed by atoms with E-state index in [1.165, 1.54) is 5.56 Å². The van der Waals surface area contributed by atoms with E-state index in [2.05, 4.69) is 44.6 Å². The van der Waals surface area contributed by atoms with Crippen molar-refractivity contribution in [1.29, 1.82) is 0 Å². The SMILES string of the molecule is COc1ccc(OC)c(-n2nnc(C(=O)Nc3ccc(CN4CCN(C)CC4)cc3)c2C)c1. The number of benzene rings is 2. The summed E-state index contributed by atoms with van der Waals surface area (Å²) in [5, 5.41) is 11.2. The summed E-state index contributed by atoms with van der Waals surface area (Å²) < 4.78 is 12.3. The monoisotopic (exact) mass is 450 g/mol. The van der Waals surface area contributed by atoms with Gasteiger partial charge in [0.15, 0.2) is 5.69 Å². The minimum Gasteiger partial charge on any atom is -0.497 e. The highest BCUT2D eigenvalue weighted by Gasteiger charge is 2.20. The molecule has 1 fully saturated rings. The minimum atomic E-state index is -0.313. The molecule has 33 heavy (non-hydrogen) atoms. The van der Waals surface area contributed by atoms with E-state index in [-0.39, 0.29) is 11.6 Å². The minimum absolute atomic E-state index is 0.251. The number of ether oxygens (including phenoxy) is 2. The van der Waals surface area contributed by atoms with E-state index in [4.69, 9.17) is 9.47 Å². The molecule has 0 radical (unpaired) electrons. The lowest BCUT2D eigenvalue weighted by atomic mass is 10.1. The maximum atomic E-state index is 12.9. The van der Waals surface area contributed by atoms with Crippen LogP contribution in [0.4, 0.5) is 5.69 Å². The molecule has 2 aromatic carbocycles. The lowest BCUT2D eigenvalue weighted by Gasteiger charge is -2.32. The highest BCUT2D eigenvalue weighted by Crippen LogP contribution is 2.28. The van der Waals surface area contributed by atoms with Crippen molar-refractivity contribution in [3.05, 3.63) is 59.4 Å². The summed E-state index contributed by atoms with van der Waals surface area (Å²) in [6, 6.07) is 13.3. The summed E-state index contributed by atoms with van der Waals surface area (Å²) in [4.78, 5) is 17.7. The van der Waals surface area contributed by atoms with Gasteiger partial charge in [-0.15, -0.1) is 5.10 Å². The number of nitrogens with zero attached hydrogens (tertiary/aromatic N) is 5. The first-order valence-electron chi connectivity index (χ1n) is 10.9. The van der Waals surface area contributed by atoms with Crippen LogP contribution in [0.2, 0.25) is 0 Å². The number of hydrogen-bond acceptors (Lipinski definition) is 7. The number of methoxy groups -OCH3 is 2. The van der Waals surface area contributed by atoms with Crippen LogP contribution < -0.4 is 14.8 Å². The van der Waals surface area contributed by atoms with Gasteiger partial charge in [-0.3, -0.25) is 9.69 Å². The van der Waals surface area contributed by atoms with Crippen molar-refractivity contribution in [2.75, 3.05) is 52.8 Å². The van der Waals surface area contributed by atoms with Crippen LogP contribution in [0, 0.1) is 6.92 Å². The number of hydrogen-bond donors (Lipinski definition) is 1. The van der Waals surface area contributed by atoms with Gasteiger partial charge in [0.05, 0.1) is 19.9 Å². The number of aromatic nitrogens is 3. The largest absolute Gasteiger partial charge is 0.497 e. The molecule has 0 atom stereocenters. The van der Waals surface area contributed by atoms with Crippen LogP contribution in [0.1, 0.15) is 21.7 Å². The highest BCUT2D eigenvalue weighted by molar-refractivity contribution is 6.03. The number of piperazine rings is 1. The third kappa shape index (κ3) is 5.15. The zero-order chi connectivity index (χ0) is 23.4. The second-order valence-corrected chi connectivity index (χ2v) is 8.20. The van der Waals surface area contributed by atoms with Gasteiger partial charge in [0.25, 0.3) is 5.91 Å². The molecule has 1 N–H and O–H groups in total. The molecule has 0 saturated carbocycles. The lowest BCUT2D eigenvalue weighted by molar-refractivity contribution is 0.102. The molecule has 1 amide bonds. The van der Waals surface area contributed by atoms with E-state index in [1.807, 2.05) is 12.1 Å². The van der Waals surface area contributed by atoms with E-state index < -0.39 is 0 Å². The molecule has 0 aliphatic carbocycles. The van der Waals surface area contributed by atoms with Gasteiger partial charge in [-0.25, -0.2) is 4.68 Å². The molecule has 1 aromatic heterocycles. The average molecular weight is 451 g/mol. The Balaban J connectivity index is 1.45. The highest BCUT2D eigenvalue weighted by atomic mass is 16.5. The van der Waals surface area contributed by atoms with Crippen LogP contribution in [-0.2, 0) is 6.54 Å². The molecular formula is C24H30N6O3. The smallest absolute Gasteiger partial charge is 0.278 e. The summed E-state index contributed by atoms with van der Waals surface area (Å²) >= 11 is 0. The van der Waals surface area contributed by atoms with E-state index in [0.29, 0.717) is 22.9 Å². The molecule has 174 valence electrons. The summed E-state index contributed by atoms with van der Waals surface area (Å²) in [7, 11) is 5.33. The maximum absolute atomic E-state index is 12.9. The van der Waals surface area contributed by atoms with Gasteiger partial charge in [0.2, 0.25) is 0 Å². The molecular weight excluding hydrogens is 420 g/mol. The van der Waals surface area contributed by atoms with Gasteiger partial charge in [-0.2, -0.15) is 0 Å². The van der Waals surface area contributed by atoms with Gasteiger partial charge in [0, 0.05) is 44.5 Å². The molecule has 1 aliphatic rings. The fraction of sp³-hybridized carbons (Fsp3) is 0.375. The van der Waals surface area contributed by atoms with Crippen molar-refractivity contribution in [2.45, 2.75) is 13.5 Å². The Labute approximate surface area is 193 Å². The van der Waals surface area contributed by atoms with E-state index in [0.717, 1.165) is 38.4 Å². The fourth-order valence-corrected chi connectivity index (χ4v) is 3.88. The lowest BCUT2D eigenvalue weighted by Crippen LogP contribution is -2.43. The molecule has 3 aromatic rings. The molecule has 0 spiro atoms. The fourth-order valence-electron chi connectivity index (χ4n) is 3.88. The number of anilines is 1. The van der Waals surface area contributed by atoms with Gasteiger partial charge in [0.1, 0.15) is 17.2 Å². The number of rotatable bonds is 7. The third-order valence-corrected chi connectivity index (χ3v) is 5.94. The summed E-state index contributed by atoms with van der Waals surface area (Å²) in [5.41, 5.74) is 3.45. The summed E-state index contributed by atoms with van der Waals surface area (Å²) in [6.07, 6.45) is 0. The average Bonchev–Trinajstić information content (AvgIpc) is 3.22. The van der Waals surface area contributed by atoms with E-state index >= 15 is 0 Å². The zero-order valence-electron chi connectivity index (χ0n) is 19.5. The number of carbonyl (C=O) groups excluding carboxylic acids is 1. The molecule has 2 heterocycles. The van der Waals surface area contributed by atoms with Crippen molar-refractivity contribution in [3.8, 4) is 17.2 Å². The quantitative estimate of drug-likeness (QED) is 0.592. The Morgan fingerprint density at radius 1 is 1.03 bits per heavy atom. The van der Waals surface area contributed by atoms with E-state index in [9.17, 15) is 4.79 Å². The predicted molar refractivity (Wildman–Crippen MR) is 126 cm³/mol. The summed E-state index contributed by atoms with van der Waals surface area (Å²) in [5.74, 6) is 0.947. The van der Waals surface area contributed by atoms with Crippen LogP contribution in [0.5, 0.6) is 11.5 Å². The predicted octanol–water partition coefficient (Wildman–Crippen LogP) is 2.59. The molecule has 4 rings (SSSR count). The summed E-state index contributed by atoms with van der Waals surface area (Å²) in [6.45, 7) is 7.04. The Hall–Kier alpha value is -3.43. The molecule has 0 unspecified atom stereocenters. The molecule has 1 saturated heterocycles. The second-order valence-electron chi connectivity index (χ2n) is 8.20. The first kappa shape index (κ1) is 22.8. The van der Waals surface area contributed by atoms with Crippen molar-refractivity contribution < 1.29 is 14.3 Å². The van der Waals surface area contributed by atoms with Gasteiger partial charge in [-0.05, 0) is 43.8 Å². The normalized spacial score (nSPS) is 14.8. The number of amides is 1.